The molecule has 13 heavy (non-hydrogen) atoms. The van der Waals surface area contributed by atoms with Crippen LogP contribution in [0, 0.1) is 0 Å². The number of aryl methyl sites for hydroxylation is 1. The molecule has 0 radical (unpaired) electrons. The van der Waals surface area contributed by atoms with Gasteiger partial charge in [0.1, 0.15) is 5.15 Å². The predicted molar refractivity (Wildman–Crippen MR) is 52.9 cm³/mol. The topological polar surface area (TPSA) is 38.0 Å². The Morgan fingerprint density at radius 1 is 1.69 bits per heavy atom. The Morgan fingerprint density at radius 2 is 2.38 bits per heavy atom. The fraction of sp³-hybridized carbons (Fsp3) is 0.667. The van der Waals surface area contributed by atoms with Crippen molar-refractivity contribution in [1.29, 1.82) is 0 Å². The molecule has 0 aliphatic carbocycles. The van der Waals surface area contributed by atoms with E-state index in [0.29, 0.717) is 5.15 Å². The SMILES string of the molecule is CCn1cnc(Cl)c1CC[C@@H](C)O. The predicted octanol–water partition coefficient (Wildman–Crippen LogP) is 1.87. The minimum Gasteiger partial charge on any atom is -0.393 e. The number of hydrogen-bond donors (Lipinski definition) is 1. The largest absolute Gasteiger partial charge is 0.393 e. The standard InChI is InChI=1S/C9H15ClN2O/c1-3-12-6-11-9(10)8(12)5-4-7(2)13/h6-7,13H,3-5H2,1-2H3/t7-/m1/s1. The fourth-order valence-electron chi connectivity index (χ4n) is 1.25. The molecule has 74 valence electrons. The van der Waals surface area contributed by atoms with Crippen molar-refractivity contribution >= 4 is 11.6 Å². The lowest BCUT2D eigenvalue weighted by atomic mass is 10.2. The molecule has 0 spiro atoms. The summed E-state index contributed by atoms with van der Waals surface area (Å²) in [6, 6.07) is 0. The number of aliphatic hydroxyl groups excluding tert-OH is 1. The Kier molecular flexibility index (Phi) is 3.75. The van der Waals surface area contributed by atoms with Crippen LogP contribution in [0.4, 0.5) is 0 Å². The van der Waals surface area contributed by atoms with Gasteiger partial charge in [0.25, 0.3) is 0 Å². The minimum atomic E-state index is -0.281. The highest BCUT2D eigenvalue weighted by molar-refractivity contribution is 6.30. The molecular weight excluding hydrogens is 188 g/mol. The number of imidazole rings is 1. The summed E-state index contributed by atoms with van der Waals surface area (Å²) in [7, 11) is 0. The minimum absolute atomic E-state index is 0.281. The fourth-order valence-corrected chi connectivity index (χ4v) is 1.49. The van der Waals surface area contributed by atoms with Gasteiger partial charge in [-0.2, -0.15) is 0 Å². The zero-order valence-electron chi connectivity index (χ0n) is 8.00. The highest BCUT2D eigenvalue weighted by Gasteiger charge is 2.08. The van der Waals surface area contributed by atoms with E-state index in [1.165, 1.54) is 0 Å². The molecule has 0 unspecified atom stereocenters. The van der Waals surface area contributed by atoms with Gasteiger partial charge in [-0.05, 0) is 26.7 Å². The van der Waals surface area contributed by atoms with Gasteiger partial charge in [-0.25, -0.2) is 4.98 Å². The molecule has 0 bridgehead atoms. The van der Waals surface area contributed by atoms with E-state index >= 15 is 0 Å². The number of rotatable bonds is 4. The van der Waals surface area contributed by atoms with Crippen LogP contribution in [0.25, 0.3) is 0 Å². The molecule has 0 aliphatic heterocycles. The van der Waals surface area contributed by atoms with Crippen LogP contribution in [0.3, 0.4) is 0 Å². The van der Waals surface area contributed by atoms with Crippen molar-refractivity contribution < 1.29 is 5.11 Å². The lowest BCUT2D eigenvalue weighted by Crippen LogP contribution is -2.06. The first-order chi connectivity index (χ1) is 6.15. The van der Waals surface area contributed by atoms with Gasteiger partial charge in [0.15, 0.2) is 0 Å². The first kappa shape index (κ1) is 10.5. The van der Waals surface area contributed by atoms with E-state index in [4.69, 9.17) is 16.7 Å². The van der Waals surface area contributed by atoms with E-state index in [1.54, 1.807) is 13.3 Å². The van der Waals surface area contributed by atoms with Crippen molar-refractivity contribution in [2.24, 2.45) is 0 Å². The van der Waals surface area contributed by atoms with E-state index in [1.807, 2.05) is 11.5 Å². The molecular formula is C9H15ClN2O. The summed E-state index contributed by atoms with van der Waals surface area (Å²) >= 11 is 5.89. The summed E-state index contributed by atoms with van der Waals surface area (Å²) in [5.41, 5.74) is 1.02. The van der Waals surface area contributed by atoms with Gasteiger partial charge < -0.3 is 9.67 Å². The van der Waals surface area contributed by atoms with Crippen molar-refractivity contribution in [3.63, 3.8) is 0 Å². The van der Waals surface area contributed by atoms with Crippen molar-refractivity contribution in [3.05, 3.63) is 17.2 Å². The molecule has 1 N–H and O–H groups in total. The molecule has 0 saturated heterocycles. The van der Waals surface area contributed by atoms with Crippen molar-refractivity contribution in [1.82, 2.24) is 9.55 Å². The molecule has 0 fully saturated rings. The zero-order valence-corrected chi connectivity index (χ0v) is 8.75. The van der Waals surface area contributed by atoms with Crippen LogP contribution in [-0.4, -0.2) is 20.8 Å². The molecule has 0 saturated carbocycles. The van der Waals surface area contributed by atoms with Crippen molar-refractivity contribution in [2.75, 3.05) is 0 Å². The van der Waals surface area contributed by atoms with Gasteiger partial charge >= 0.3 is 0 Å². The molecule has 3 nitrogen and oxygen atoms in total. The van der Waals surface area contributed by atoms with Crippen LogP contribution in [0.1, 0.15) is 26.0 Å². The summed E-state index contributed by atoms with van der Waals surface area (Å²) < 4.78 is 2.00. The Bertz CT molecular complexity index is 271. The molecule has 1 aromatic heterocycles. The normalized spacial score (nSPS) is 13.2. The second-order valence-corrected chi connectivity index (χ2v) is 3.51. The van der Waals surface area contributed by atoms with Crippen LogP contribution in [0.5, 0.6) is 0 Å². The van der Waals surface area contributed by atoms with Crippen molar-refractivity contribution in [3.8, 4) is 0 Å². The van der Waals surface area contributed by atoms with Gasteiger partial charge in [0, 0.05) is 6.54 Å². The summed E-state index contributed by atoms with van der Waals surface area (Å²) in [6.45, 7) is 4.69. The van der Waals surface area contributed by atoms with Gasteiger partial charge in [0.05, 0.1) is 18.1 Å². The maximum absolute atomic E-state index is 9.13. The summed E-state index contributed by atoms with van der Waals surface area (Å²) in [5, 5.41) is 9.69. The first-order valence-electron chi connectivity index (χ1n) is 4.52. The number of aromatic nitrogens is 2. The first-order valence-corrected chi connectivity index (χ1v) is 4.90. The second kappa shape index (κ2) is 4.63. The summed E-state index contributed by atoms with van der Waals surface area (Å²) in [5.74, 6) is 0. The molecule has 1 heterocycles. The molecule has 0 amide bonds. The quantitative estimate of drug-likeness (QED) is 0.810. The van der Waals surface area contributed by atoms with Crippen LogP contribution in [0.2, 0.25) is 5.15 Å². The molecule has 0 aromatic carbocycles. The number of aliphatic hydroxyl groups is 1. The third kappa shape index (κ3) is 2.71. The molecule has 0 aliphatic rings. The Labute approximate surface area is 83.4 Å². The average molecular weight is 203 g/mol. The highest BCUT2D eigenvalue weighted by atomic mass is 35.5. The smallest absolute Gasteiger partial charge is 0.150 e. The number of halogens is 1. The Hall–Kier alpha value is -0.540. The number of nitrogens with zero attached hydrogens (tertiary/aromatic N) is 2. The Balaban J connectivity index is 2.68. The maximum Gasteiger partial charge on any atom is 0.150 e. The third-order valence-corrected chi connectivity index (χ3v) is 2.35. The highest BCUT2D eigenvalue weighted by Crippen LogP contribution is 2.16. The molecule has 1 atom stereocenters. The molecule has 1 rings (SSSR count). The lowest BCUT2D eigenvalue weighted by Gasteiger charge is -2.06. The third-order valence-electron chi connectivity index (χ3n) is 2.03. The van der Waals surface area contributed by atoms with E-state index in [-0.39, 0.29) is 6.10 Å². The monoisotopic (exact) mass is 202 g/mol. The van der Waals surface area contributed by atoms with Crippen LogP contribution < -0.4 is 0 Å². The van der Waals surface area contributed by atoms with Gasteiger partial charge in [0.2, 0.25) is 0 Å². The van der Waals surface area contributed by atoms with E-state index in [9.17, 15) is 0 Å². The van der Waals surface area contributed by atoms with Crippen molar-refractivity contribution in [2.45, 2.75) is 39.3 Å². The van der Waals surface area contributed by atoms with Crippen LogP contribution >= 0.6 is 11.6 Å². The Morgan fingerprint density at radius 3 is 2.92 bits per heavy atom. The average Bonchev–Trinajstić information content (AvgIpc) is 2.43. The maximum atomic E-state index is 9.13. The molecule has 1 aromatic rings. The van der Waals surface area contributed by atoms with Crippen LogP contribution in [-0.2, 0) is 13.0 Å². The number of hydrogen-bond acceptors (Lipinski definition) is 2. The van der Waals surface area contributed by atoms with E-state index < -0.39 is 0 Å². The van der Waals surface area contributed by atoms with Crippen LogP contribution in [0.15, 0.2) is 6.33 Å². The second-order valence-electron chi connectivity index (χ2n) is 3.16. The van der Waals surface area contributed by atoms with Gasteiger partial charge in [-0.1, -0.05) is 11.6 Å². The lowest BCUT2D eigenvalue weighted by molar-refractivity contribution is 0.184. The van der Waals surface area contributed by atoms with E-state index in [2.05, 4.69) is 4.98 Å². The summed E-state index contributed by atoms with van der Waals surface area (Å²) in [6.07, 6.45) is 2.96. The van der Waals surface area contributed by atoms with Gasteiger partial charge in [-0.3, -0.25) is 0 Å². The van der Waals surface area contributed by atoms with E-state index in [0.717, 1.165) is 25.1 Å². The molecule has 4 heteroatoms. The zero-order chi connectivity index (χ0) is 9.84. The van der Waals surface area contributed by atoms with Gasteiger partial charge in [-0.15, -0.1) is 0 Å². The summed E-state index contributed by atoms with van der Waals surface area (Å²) in [4.78, 5) is 4.01.